The van der Waals surface area contributed by atoms with Crippen LogP contribution in [-0.2, 0) is 10.0 Å². The molecule has 0 amide bonds. The van der Waals surface area contributed by atoms with Crippen molar-refractivity contribution in [2.75, 3.05) is 33.8 Å². The molecule has 2 aromatic carbocycles. The Hall–Kier alpha value is -2.21. The smallest absolute Gasteiger partial charge is 0.232 e. The topological polar surface area (TPSA) is 61.4 Å². The third-order valence-electron chi connectivity index (χ3n) is 4.51. The molecule has 0 unspecified atom stereocenters. The molecule has 1 heterocycles. The Labute approximate surface area is 156 Å². The molecule has 0 atom stereocenters. The van der Waals surface area contributed by atoms with Gasteiger partial charge in [0.2, 0.25) is 10.0 Å². The first-order valence-electron chi connectivity index (χ1n) is 9.28. The lowest BCUT2D eigenvalue weighted by Crippen LogP contribution is -2.29. The molecule has 0 aliphatic carbocycles. The molecule has 140 valence electrons. The van der Waals surface area contributed by atoms with Gasteiger partial charge >= 0.3 is 0 Å². The molecule has 5 nitrogen and oxygen atoms in total. The second-order valence-electron chi connectivity index (χ2n) is 6.72. The van der Waals surface area contributed by atoms with Crippen molar-refractivity contribution in [2.24, 2.45) is 0 Å². The van der Waals surface area contributed by atoms with E-state index in [2.05, 4.69) is 39.2 Å². The van der Waals surface area contributed by atoms with Gasteiger partial charge in [0.1, 0.15) is 0 Å². The third kappa shape index (κ3) is 5.14. The maximum Gasteiger partial charge on any atom is 0.232 e. The van der Waals surface area contributed by atoms with Crippen molar-refractivity contribution in [3.05, 3.63) is 48.5 Å². The maximum absolute atomic E-state index is 11.8. The fraction of sp³-hybridized carbons (Fsp3) is 0.400. The highest BCUT2D eigenvalue weighted by atomic mass is 32.2. The van der Waals surface area contributed by atoms with Crippen LogP contribution in [0, 0.1) is 0 Å². The molecule has 0 saturated carbocycles. The summed E-state index contributed by atoms with van der Waals surface area (Å²) in [6.45, 7) is 4.13. The summed E-state index contributed by atoms with van der Waals surface area (Å²) in [7, 11) is -3.25. The number of benzene rings is 2. The number of sulfonamides is 1. The first-order valence-corrected chi connectivity index (χ1v) is 10.9. The second-order valence-corrected chi connectivity index (χ2v) is 8.56. The van der Waals surface area contributed by atoms with Crippen LogP contribution in [0.4, 0.5) is 22.7 Å². The molecule has 0 bridgehead atoms. The lowest BCUT2D eigenvalue weighted by Gasteiger charge is -2.28. The van der Waals surface area contributed by atoms with Gasteiger partial charge in [0.05, 0.1) is 5.75 Å². The maximum atomic E-state index is 11.8. The van der Waals surface area contributed by atoms with Gasteiger partial charge in [-0.15, -0.1) is 0 Å². The molecule has 0 spiro atoms. The molecule has 1 saturated heterocycles. The Kier molecular flexibility index (Phi) is 6.04. The van der Waals surface area contributed by atoms with Crippen molar-refractivity contribution in [3.8, 4) is 0 Å². The molecule has 6 heteroatoms. The van der Waals surface area contributed by atoms with Gasteiger partial charge in [-0.05, 0) is 74.2 Å². The van der Waals surface area contributed by atoms with Gasteiger partial charge in [-0.3, -0.25) is 4.72 Å². The zero-order valence-electron chi connectivity index (χ0n) is 15.2. The Morgan fingerprint density at radius 1 is 0.846 bits per heavy atom. The van der Waals surface area contributed by atoms with Gasteiger partial charge in [-0.1, -0.05) is 6.92 Å². The predicted octanol–water partition coefficient (Wildman–Crippen LogP) is 4.57. The minimum absolute atomic E-state index is 0.135. The fourth-order valence-corrected chi connectivity index (χ4v) is 4.33. The lowest BCUT2D eigenvalue weighted by atomic mass is 10.1. The van der Waals surface area contributed by atoms with Gasteiger partial charge in [0, 0.05) is 35.8 Å². The molecule has 3 rings (SSSR count). The van der Waals surface area contributed by atoms with E-state index >= 15 is 0 Å². The summed E-state index contributed by atoms with van der Waals surface area (Å²) in [6.07, 6.45) is 4.48. The largest absolute Gasteiger partial charge is 0.372 e. The SMILES string of the molecule is CCCS(=O)(=O)Nc1ccc(Nc2ccc(N3CCCCC3)cc2)cc1. The van der Waals surface area contributed by atoms with Crippen molar-refractivity contribution in [3.63, 3.8) is 0 Å². The monoisotopic (exact) mass is 373 g/mol. The van der Waals surface area contributed by atoms with Gasteiger partial charge in [0.25, 0.3) is 0 Å². The van der Waals surface area contributed by atoms with E-state index in [1.54, 1.807) is 12.1 Å². The van der Waals surface area contributed by atoms with E-state index in [-0.39, 0.29) is 5.75 Å². The number of hydrogen-bond acceptors (Lipinski definition) is 4. The first kappa shape index (κ1) is 18.6. The molecule has 1 aliphatic rings. The average molecular weight is 374 g/mol. The van der Waals surface area contributed by atoms with E-state index < -0.39 is 10.0 Å². The summed E-state index contributed by atoms with van der Waals surface area (Å²) in [5, 5.41) is 3.35. The fourth-order valence-electron chi connectivity index (χ4n) is 3.20. The molecule has 1 aliphatic heterocycles. The summed E-state index contributed by atoms with van der Waals surface area (Å²) >= 11 is 0. The van der Waals surface area contributed by atoms with E-state index in [4.69, 9.17) is 0 Å². The van der Waals surface area contributed by atoms with Crippen molar-refractivity contribution in [1.29, 1.82) is 0 Å². The highest BCUT2D eigenvalue weighted by Gasteiger charge is 2.11. The lowest BCUT2D eigenvalue weighted by molar-refractivity contribution is 0.578. The van der Waals surface area contributed by atoms with Crippen LogP contribution in [0.3, 0.4) is 0 Å². The van der Waals surface area contributed by atoms with Crippen LogP contribution in [0.5, 0.6) is 0 Å². The summed E-state index contributed by atoms with van der Waals surface area (Å²) in [5.41, 5.74) is 3.81. The Morgan fingerprint density at radius 2 is 1.38 bits per heavy atom. The Bertz CT molecular complexity index is 796. The summed E-state index contributed by atoms with van der Waals surface area (Å²) in [6, 6.07) is 15.8. The second kappa shape index (κ2) is 8.45. The predicted molar refractivity (Wildman–Crippen MR) is 110 cm³/mol. The first-order chi connectivity index (χ1) is 12.6. The van der Waals surface area contributed by atoms with Gasteiger partial charge < -0.3 is 10.2 Å². The molecule has 1 fully saturated rings. The highest BCUT2D eigenvalue weighted by molar-refractivity contribution is 7.92. The van der Waals surface area contributed by atoms with E-state index in [1.807, 2.05) is 19.1 Å². The number of piperidine rings is 1. The quantitative estimate of drug-likeness (QED) is 0.746. The Morgan fingerprint density at radius 3 is 1.96 bits per heavy atom. The van der Waals surface area contributed by atoms with E-state index in [1.165, 1.54) is 24.9 Å². The number of hydrogen-bond donors (Lipinski definition) is 2. The van der Waals surface area contributed by atoms with Crippen molar-refractivity contribution < 1.29 is 8.42 Å². The minimum Gasteiger partial charge on any atom is -0.372 e. The van der Waals surface area contributed by atoms with Crippen LogP contribution in [0.2, 0.25) is 0 Å². The molecule has 2 aromatic rings. The third-order valence-corrected chi connectivity index (χ3v) is 6.00. The summed E-state index contributed by atoms with van der Waals surface area (Å²) in [4.78, 5) is 2.44. The summed E-state index contributed by atoms with van der Waals surface area (Å²) in [5.74, 6) is 0.135. The zero-order chi connectivity index (χ0) is 18.4. The molecule has 0 aromatic heterocycles. The van der Waals surface area contributed by atoms with Crippen LogP contribution in [0.1, 0.15) is 32.6 Å². The molecule has 0 radical (unpaired) electrons. The van der Waals surface area contributed by atoms with E-state index in [9.17, 15) is 8.42 Å². The molecular weight excluding hydrogens is 346 g/mol. The van der Waals surface area contributed by atoms with E-state index in [0.717, 1.165) is 24.5 Å². The molecule has 26 heavy (non-hydrogen) atoms. The number of rotatable bonds is 7. The van der Waals surface area contributed by atoms with Crippen molar-refractivity contribution >= 4 is 32.8 Å². The zero-order valence-corrected chi connectivity index (χ0v) is 16.1. The van der Waals surface area contributed by atoms with Gasteiger partial charge in [-0.2, -0.15) is 0 Å². The Balaban J connectivity index is 1.60. The van der Waals surface area contributed by atoms with E-state index in [0.29, 0.717) is 12.1 Å². The molecule has 2 N–H and O–H groups in total. The van der Waals surface area contributed by atoms with Crippen LogP contribution >= 0.6 is 0 Å². The standard InChI is InChI=1S/C20H27N3O2S/c1-2-16-26(24,25)22-19-8-6-17(7-9-19)21-18-10-12-20(13-11-18)23-14-4-3-5-15-23/h6-13,21-22H,2-5,14-16H2,1H3. The highest BCUT2D eigenvalue weighted by Crippen LogP contribution is 2.24. The number of nitrogens with one attached hydrogen (secondary N) is 2. The summed E-state index contributed by atoms with van der Waals surface area (Å²) < 4.78 is 26.2. The van der Waals surface area contributed by atoms with Crippen LogP contribution in [-0.4, -0.2) is 27.3 Å². The number of nitrogens with zero attached hydrogens (tertiary/aromatic N) is 1. The minimum atomic E-state index is -3.25. The van der Waals surface area contributed by atoms with Crippen LogP contribution < -0.4 is 14.9 Å². The van der Waals surface area contributed by atoms with Gasteiger partial charge in [0.15, 0.2) is 0 Å². The number of anilines is 4. The molecular formula is C20H27N3O2S. The van der Waals surface area contributed by atoms with Gasteiger partial charge in [-0.25, -0.2) is 8.42 Å². The average Bonchev–Trinajstić information content (AvgIpc) is 2.64. The van der Waals surface area contributed by atoms with Crippen molar-refractivity contribution in [2.45, 2.75) is 32.6 Å². The van der Waals surface area contributed by atoms with Crippen LogP contribution in [0.15, 0.2) is 48.5 Å². The normalized spacial score (nSPS) is 14.9. The van der Waals surface area contributed by atoms with Crippen LogP contribution in [0.25, 0.3) is 0 Å². The van der Waals surface area contributed by atoms with Crippen molar-refractivity contribution in [1.82, 2.24) is 0 Å².